The highest BCUT2D eigenvalue weighted by molar-refractivity contribution is 6.29. The third-order valence-corrected chi connectivity index (χ3v) is 1.42. The summed E-state index contributed by atoms with van der Waals surface area (Å²) in [4.78, 5) is 24.5. The highest BCUT2D eigenvalue weighted by Crippen LogP contribution is 2.04. The van der Waals surface area contributed by atoms with Crippen LogP contribution in [0.1, 0.15) is 24.2 Å². The monoisotopic (exact) mass is 270 g/mol. The van der Waals surface area contributed by atoms with Gasteiger partial charge in [-0.15, -0.1) is 0 Å². The van der Waals surface area contributed by atoms with Gasteiger partial charge in [0.25, 0.3) is 5.91 Å². The van der Waals surface area contributed by atoms with Gasteiger partial charge in [-0.2, -0.15) is 4.99 Å². The van der Waals surface area contributed by atoms with E-state index in [1.807, 2.05) is 13.8 Å². The number of amides is 1. The molecule has 1 aromatic carbocycles. The smallest absolute Gasteiger partial charge is 0.279 e. The number of rotatable bonds is 2. The first-order valence-electron chi connectivity index (χ1n) is 5.54. The van der Waals surface area contributed by atoms with E-state index in [1.54, 1.807) is 14.2 Å². The fraction of sp³-hybridized carbons (Fsp3) is 0.308. The molecule has 0 aliphatic rings. The number of carbonyl (C=O) groups excluding carboxylic acids is 2. The minimum Gasteiger partial charge on any atom is -0.388 e. The zero-order valence-electron chi connectivity index (χ0n) is 11.5. The van der Waals surface area contributed by atoms with Gasteiger partial charge < -0.3 is 10.5 Å². The molecule has 0 aliphatic carbocycles. The van der Waals surface area contributed by atoms with Crippen molar-refractivity contribution in [3.8, 4) is 0 Å². The number of nitrogens with zero attached hydrogens (tertiary/aromatic N) is 1. The van der Waals surface area contributed by atoms with Gasteiger partial charge in [0, 0.05) is 19.8 Å². The van der Waals surface area contributed by atoms with Crippen LogP contribution in [0.3, 0.4) is 0 Å². The second-order valence-electron chi connectivity index (χ2n) is 2.88. The molecule has 0 unspecified atom stereocenters. The average molecular weight is 270 g/mol. The summed E-state index contributed by atoms with van der Waals surface area (Å²) in [5, 5.41) is 0. The Labute approximate surface area is 112 Å². The first-order valence-corrected chi connectivity index (χ1v) is 5.54. The molecule has 1 aromatic rings. The van der Waals surface area contributed by atoms with Crippen molar-refractivity contribution in [2.45, 2.75) is 13.8 Å². The van der Waals surface area contributed by atoms with Gasteiger partial charge in [-0.25, -0.2) is 4.39 Å². The first kappa shape index (κ1) is 19.3. The van der Waals surface area contributed by atoms with Crippen molar-refractivity contribution in [1.82, 2.24) is 0 Å². The molecule has 1 rings (SSSR count). The van der Waals surface area contributed by atoms with Crippen LogP contribution in [0.5, 0.6) is 0 Å². The topological polar surface area (TPSA) is 81.8 Å². The molecule has 0 saturated heterocycles. The molecule has 0 spiro atoms. The number of halogens is 1. The summed E-state index contributed by atoms with van der Waals surface area (Å²) < 4.78 is 16.9. The summed E-state index contributed by atoms with van der Waals surface area (Å²) in [5.41, 5.74) is 5.07. The van der Waals surface area contributed by atoms with Crippen LogP contribution in [0.25, 0.3) is 0 Å². The van der Waals surface area contributed by atoms with Gasteiger partial charge in [-0.05, 0) is 18.2 Å². The predicted molar refractivity (Wildman–Crippen MR) is 72.7 cm³/mol. The lowest BCUT2D eigenvalue weighted by Gasteiger charge is -1.94. The van der Waals surface area contributed by atoms with Crippen molar-refractivity contribution < 1.29 is 18.7 Å². The second kappa shape index (κ2) is 12.4. The van der Waals surface area contributed by atoms with E-state index in [4.69, 9.17) is 5.73 Å². The lowest BCUT2D eigenvalue weighted by Crippen LogP contribution is -2.15. The molecule has 6 heteroatoms. The van der Waals surface area contributed by atoms with Crippen LogP contribution >= 0.6 is 0 Å². The number of benzene rings is 1. The molecule has 0 aliphatic heterocycles. The van der Waals surface area contributed by atoms with Crippen LogP contribution in [-0.4, -0.2) is 32.2 Å². The molecule has 0 saturated carbocycles. The van der Waals surface area contributed by atoms with Crippen LogP contribution in [0.4, 0.5) is 4.39 Å². The number of hydrogen-bond donors (Lipinski definition) is 1. The lowest BCUT2D eigenvalue weighted by molar-refractivity contribution is -0.102. The number of hydrogen-bond acceptors (Lipinski definition) is 3. The number of methoxy groups -OCH3 is 1. The molecule has 0 heterocycles. The molecule has 0 fully saturated rings. The molecule has 0 radical (unpaired) electrons. The summed E-state index contributed by atoms with van der Waals surface area (Å²) in [6.07, 6.45) is 0.247. The second-order valence-corrected chi connectivity index (χ2v) is 2.88. The molecular weight excluding hydrogens is 251 g/mol. The van der Waals surface area contributed by atoms with Crippen LogP contribution < -0.4 is 5.73 Å². The van der Waals surface area contributed by atoms with E-state index < -0.39 is 17.6 Å². The SMILES string of the molecule is CC.COC.NC(C=O)=NC(=O)c1cccc(F)c1. The van der Waals surface area contributed by atoms with Gasteiger partial charge in [0.2, 0.25) is 0 Å². The summed E-state index contributed by atoms with van der Waals surface area (Å²) in [6.45, 7) is 4.00. The zero-order chi connectivity index (χ0) is 15.3. The van der Waals surface area contributed by atoms with Gasteiger partial charge in [0.1, 0.15) is 5.82 Å². The molecule has 1 amide bonds. The highest BCUT2D eigenvalue weighted by atomic mass is 19.1. The van der Waals surface area contributed by atoms with Crippen molar-refractivity contribution in [2.24, 2.45) is 10.7 Å². The van der Waals surface area contributed by atoms with Gasteiger partial charge in [0.15, 0.2) is 12.1 Å². The van der Waals surface area contributed by atoms with E-state index >= 15 is 0 Å². The van der Waals surface area contributed by atoms with Gasteiger partial charge >= 0.3 is 0 Å². The number of carbonyl (C=O) groups is 2. The molecule has 19 heavy (non-hydrogen) atoms. The fourth-order valence-corrected chi connectivity index (χ4v) is 0.830. The summed E-state index contributed by atoms with van der Waals surface area (Å²) in [7, 11) is 3.25. The van der Waals surface area contributed by atoms with Gasteiger partial charge in [0.05, 0.1) is 0 Å². The number of aliphatic imine (C=N–C) groups is 1. The maximum atomic E-state index is 12.6. The van der Waals surface area contributed by atoms with Crippen LogP contribution in [0, 0.1) is 5.82 Å². The predicted octanol–water partition coefficient (Wildman–Crippen LogP) is 1.81. The minimum atomic E-state index is -0.742. The average Bonchev–Trinajstić information content (AvgIpc) is 2.41. The number of aldehydes is 1. The van der Waals surface area contributed by atoms with E-state index in [0.29, 0.717) is 0 Å². The molecule has 2 N–H and O–H groups in total. The molecule has 0 bridgehead atoms. The van der Waals surface area contributed by atoms with E-state index in [2.05, 4.69) is 9.73 Å². The van der Waals surface area contributed by atoms with E-state index in [9.17, 15) is 14.0 Å². The van der Waals surface area contributed by atoms with Gasteiger partial charge in [-0.1, -0.05) is 19.9 Å². The number of ether oxygens (including phenoxy) is 1. The zero-order valence-corrected chi connectivity index (χ0v) is 11.5. The third-order valence-electron chi connectivity index (χ3n) is 1.42. The van der Waals surface area contributed by atoms with Crippen LogP contribution in [-0.2, 0) is 9.53 Å². The normalized spacial score (nSPS) is 9.42. The standard InChI is InChI=1S/C9H7FN2O2.C2H6O.C2H6/c10-7-3-1-2-6(4-7)9(14)12-8(11)5-13;1-3-2;1-2/h1-5H,(H2,11,12,14);1-2H3;1-2H3. The lowest BCUT2D eigenvalue weighted by atomic mass is 10.2. The Hall–Kier alpha value is -2.08. The Morgan fingerprint density at radius 3 is 2.32 bits per heavy atom. The first-order chi connectivity index (χ1) is 9.04. The van der Waals surface area contributed by atoms with Crippen molar-refractivity contribution in [1.29, 1.82) is 0 Å². The molecule has 106 valence electrons. The minimum absolute atomic E-state index is 0.0507. The Bertz CT molecular complexity index is 420. The van der Waals surface area contributed by atoms with E-state index in [-0.39, 0.29) is 11.8 Å². The van der Waals surface area contributed by atoms with E-state index in [1.165, 1.54) is 18.2 Å². The van der Waals surface area contributed by atoms with Gasteiger partial charge in [-0.3, -0.25) is 9.59 Å². The Morgan fingerprint density at radius 2 is 1.89 bits per heavy atom. The molecule has 0 aromatic heterocycles. The maximum Gasteiger partial charge on any atom is 0.279 e. The Balaban J connectivity index is 0. The fourth-order valence-electron chi connectivity index (χ4n) is 0.830. The van der Waals surface area contributed by atoms with Crippen LogP contribution in [0.15, 0.2) is 29.3 Å². The molecular formula is C13H19FN2O3. The largest absolute Gasteiger partial charge is 0.388 e. The number of amidine groups is 1. The number of nitrogens with two attached hydrogens (primary N) is 1. The maximum absolute atomic E-state index is 12.6. The van der Waals surface area contributed by atoms with E-state index in [0.717, 1.165) is 6.07 Å². The summed E-state index contributed by atoms with van der Waals surface area (Å²) >= 11 is 0. The van der Waals surface area contributed by atoms with Crippen molar-refractivity contribution >= 4 is 18.0 Å². The van der Waals surface area contributed by atoms with Crippen molar-refractivity contribution in [2.75, 3.05) is 14.2 Å². The quantitative estimate of drug-likeness (QED) is 0.505. The Kier molecular flexibility index (Phi) is 12.6. The molecule has 0 atom stereocenters. The summed E-state index contributed by atoms with van der Waals surface area (Å²) in [6, 6.07) is 4.97. The van der Waals surface area contributed by atoms with Crippen molar-refractivity contribution in [3.63, 3.8) is 0 Å². The van der Waals surface area contributed by atoms with Crippen molar-refractivity contribution in [3.05, 3.63) is 35.6 Å². The molecule has 5 nitrogen and oxygen atoms in total. The highest BCUT2D eigenvalue weighted by Gasteiger charge is 2.05. The Morgan fingerprint density at radius 1 is 1.37 bits per heavy atom. The van der Waals surface area contributed by atoms with Crippen LogP contribution in [0.2, 0.25) is 0 Å². The third kappa shape index (κ3) is 9.61. The summed E-state index contributed by atoms with van der Waals surface area (Å²) in [5.74, 6) is -1.72.